The molecule has 0 aliphatic rings. The topological polar surface area (TPSA) is 93.1 Å². The summed E-state index contributed by atoms with van der Waals surface area (Å²) in [6, 6.07) is 14.7. The van der Waals surface area contributed by atoms with E-state index in [1.807, 2.05) is 12.1 Å². The number of aryl methyl sites for hydroxylation is 1. The van der Waals surface area contributed by atoms with Gasteiger partial charge < -0.3 is 19.7 Å². The van der Waals surface area contributed by atoms with Crippen LogP contribution in [0, 0.1) is 5.92 Å². The van der Waals surface area contributed by atoms with E-state index >= 15 is 0 Å². The Hall–Kier alpha value is -2.96. The molecule has 0 heterocycles. The first-order chi connectivity index (χ1) is 17.9. The number of hydrogen-bond donors (Lipinski definition) is 2. The summed E-state index contributed by atoms with van der Waals surface area (Å²) >= 11 is 0. The highest BCUT2D eigenvalue weighted by Gasteiger charge is 2.13. The molecule has 2 N–H and O–H groups in total. The van der Waals surface area contributed by atoms with Crippen LogP contribution < -0.4 is 0 Å². The molecule has 0 saturated heterocycles. The first-order valence-electron chi connectivity index (χ1n) is 13.3. The Kier molecular flexibility index (Phi) is 13.7. The second-order valence-electron chi connectivity index (χ2n) is 9.50. The van der Waals surface area contributed by atoms with E-state index in [-0.39, 0.29) is 24.8 Å². The molecule has 37 heavy (non-hydrogen) atoms. The van der Waals surface area contributed by atoms with Crippen molar-refractivity contribution in [1.82, 2.24) is 0 Å². The maximum absolute atomic E-state index is 11.8. The zero-order valence-electron chi connectivity index (χ0n) is 22.3. The molecule has 0 amide bonds. The predicted molar refractivity (Wildman–Crippen MR) is 146 cm³/mol. The molecule has 0 fully saturated rings. The average Bonchev–Trinajstić information content (AvgIpc) is 2.92. The summed E-state index contributed by atoms with van der Waals surface area (Å²) in [5.41, 5.74) is 5.85. The van der Waals surface area contributed by atoms with E-state index in [0.717, 1.165) is 29.5 Å². The van der Waals surface area contributed by atoms with Gasteiger partial charge in [0, 0.05) is 12.8 Å². The lowest BCUT2D eigenvalue weighted by atomic mass is 9.92. The summed E-state index contributed by atoms with van der Waals surface area (Å²) in [4.78, 5) is 23.5. The number of hydrogen-bond acceptors (Lipinski definition) is 6. The van der Waals surface area contributed by atoms with Crippen LogP contribution in [0.15, 0.2) is 54.6 Å². The molecule has 1 unspecified atom stereocenters. The van der Waals surface area contributed by atoms with Crippen LogP contribution in [-0.4, -0.2) is 48.6 Å². The number of carbonyl (C=O) groups excluding carboxylic acids is 2. The van der Waals surface area contributed by atoms with E-state index in [0.29, 0.717) is 19.4 Å². The van der Waals surface area contributed by atoms with Crippen molar-refractivity contribution in [2.45, 2.75) is 65.2 Å². The van der Waals surface area contributed by atoms with E-state index < -0.39 is 18.5 Å². The molecule has 0 bridgehead atoms. The summed E-state index contributed by atoms with van der Waals surface area (Å²) in [6.07, 6.45) is 8.26. The zero-order valence-corrected chi connectivity index (χ0v) is 22.3. The Bertz CT molecular complexity index is 995. The second-order valence-corrected chi connectivity index (χ2v) is 9.50. The average molecular weight is 511 g/mol. The van der Waals surface area contributed by atoms with Crippen LogP contribution >= 0.6 is 0 Å². The largest absolute Gasteiger partial charge is 0.465 e. The van der Waals surface area contributed by atoms with Crippen LogP contribution in [0.1, 0.15) is 62.6 Å². The molecular weight excluding hydrogens is 468 g/mol. The maximum atomic E-state index is 11.8. The molecule has 0 spiro atoms. The van der Waals surface area contributed by atoms with Crippen LogP contribution in [0.3, 0.4) is 0 Å². The Morgan fingerprint density at radius 2 is 1.51 bits per heavy atom. The molecule has 0 radical (unpaired) electrons. The van der Waals surface area contributed by atoms with Gasteiger partial charge in [0.05, 0.1) is 37.9 Å². The van der Waals surface area contributed by atoms with E-state index in [2.05, 4.69) is 43.8 Å². The van der Waals surface area contributed by atoms with Crippen LogP contribution in [0.2, 0.25) is 0 Å². The Labute approximate surface area is 221 Å². The quantitative estimate of drug-likeness (QED) is 0.172. The van der Waals surface area contributed by atoms with Crippen molar-refractivity contribution in [1.29, 1.82) is 0 Å². The van der Waals surface area contributed by atoms with Gasteiger partial charge in [-0.25, -0.2) is 4.79 Å². The lowest BCUT2D eigenvalue weighted by molar-refractivity contribution is -0.149. The van der Waals surface area contributed by atoms with Crippen LogP contribution in [0.5, 0.6) is 0 Å². The summed E-state index contributed by atoms with van der Waals surface area (Å²) < 4.78 is 10.5. The number of carbonyl (C=O) groups is 2. The van der Waals surface area contributed by atoms with E-state index in [4.69, 9.17) is 19.7 Å². The van der Waals surface area contributed by atoms with Crippen molar-refractivity contribution in [2.24, 2.45) is 5.92 Å². The highest BCUT2D eigenvalue weighted by molar-refractivity contribution is 5.87. The van der Waals surface area contributed by atoms with Crippen LogP contribution in [0.25, 0.3) is 11.1 Å². The van der Waals surface area contributed by atoms with Gasteiger partial charge in [0.25, 0.3) is 0 Å². The molecule has 0 saturated carbocycles. The predicted octanol–water partition coefficient (Wildman–Crippen LogP) is 5.21. The third-order valence-corrected chi connectivity index (χ3v) is 6.40. The number of rotatable bonds is 17. The molecule has 6 nitrogen and oxygen atoms in total. The van der Waals surface area contributed by atoms with E-state index in [9.17, 15) is 9.59 Å². The number of ether oxygens (including phenoxy) is 2. The fraction of sp³-hybridized carbons (Fsp3) is 0.484. The van der Waals surface area contributed by atoms with Crippen molar-refractivity contribution in [3.8, 4) is 11.1 Å². The highest BCUT2D eigenvalue weighted by atomic mass is 16.5. The molecule has 2 aromatic carbocycles. The minimum Gasteiger partial charge on any atom is -0.465 e. The minimum absolute atomic E-state index is 0.0545. The van der Waals surface area contributed by atoms with Crippen molar-refractivity contribution >= 4 is 11.9 Å². The van der Waals surface area contributed by atoms with Gasteiger partial charge in [-0.3, -0.25) is 4.79 Å². The first kappa shape index (κ1) is 30.3. The maximum Gasteiger partial charge on any atom is 0.335 e. The van der Waals surface area contributed by atoms with Crippen molar-refractivity contribution in [3.05, 3.63) is 71.3 Å². The van der Waals surface area contributed by atoms with E-state index in [1.165, 1.54) is 36.8 Å². The molecule has 0 aliphatic carbocycles. The van der Waals surface area contributed by atoms with Gasteiger partial charge in [0.2, 0.25) is 0 Å². The lowest BCUT2D eigenvalue weighted by Crippen LogP contribution is -2.19. The molecule has 1 atom stereocenters. The number of unbranched alkanes of at least 4 members (excludes halogenated alkanes) is 4. The number of aliphatic hydroxyl groups excluding tert-OH is 2. The van der Waals surface area contributed by atoms with Gasteiger partial charge in [-0.05, 0) is 47.6 Å². The van der Waals surface area contributed by atoms with Crippen LogP contribution in [0.4, 0.5) is 0 Å². The molecule has 0 aromatic heterocycles. The van der Waals surface area contributed by atoms with Crippen LogP contribution in [-0.2, 0) is 38.3 Å². The normalized spacial score (nSPS) is 11.7. The fourth-order valence-corrected chi connectivity index (χ4v) is 3.98. The SMILES string of the molecule is C=C(CO)C(=O)OCCc1ccc(-c2ccc(CCOC(=O)C(C)CO)cc2CCCCCCC)cc1. The molecule has 6 heteroatoms. The molecule has 0 aliphatic heterocycles. The second kappa shape index (κ2) is 16.7. The summed E-state index contributed by atoms with van der Waals surface area (Å²) in [5, 5.41) is 18.1. The van der Waals surface area contributed by atoms with Gasteiger partial charge >= 0.3 is 11.9 Å². The minimum atomic E-state index is -0.569. The Balaban J connectivity index is 2.07. The van der Waals surface area contributed by atoms with Gasteiger partial charge in [-0.1, -0.05) is 81.7 Å². The third-order valence-electron chi connectivity index (χ3n) is 6.40. The molecular formula is C31H42O6. The number of aliphatic hydroxyl groups is 2. The van der Waals surface area contributed by atoms with Crippen molar-refractivity contribution in [2.75, 3.05) is 26.4 Å². The first-order valence-corrected chi connectivity index (χ1v) is 13.3. The third kappa shape index (κ3) is 10.5. The monoisotopic (exact) mass is 510 g/mol. The Morgan fingerprint density at radius 3 is 2.19 bits per heavy atom. The highest BCUT2D eigenvalue weighted by Crippen LogP contribution is 2.27. The molecule has 2 aromatic rings. The lowest BCUT2D eigenvalue weighted by Gasteiger charge is -2.14. The molecule has 202 valence electrons. The zero-order chi connectivity index (χ0) is 27.0. The van der Waals surface area contributed by atoms with E-state index in [1.54, 1.807) is 6.92 Å². The van der Waals surface area contributed by atoms with Crippen molar-refractivity contribution < 1.29 is 29.3 Å². The standard InChI is InChI=1S/C31H42O6/c1-4-5-6-7-8-9-28-20-26(17-19-37-31(35)24(3)22-33)12-15-29(28)27-13-10-25(11-14-27)16-18-36-30(34)23(2)21-32/h10-15,20,24,32-33H,2,4-9,16-19,21-22H2,1,3H3. The van der Waals surface area contributed by atoms with Crippen molar-refractivity contribution in [3.63, 3.8) is 0 Å². The number of esters is 2. The molecule has 2 rings (SSSR count). The fourth-order valence-electron chi connectivity index (χ4n) is 3.98. The summed E-state index contributed by atoms with van der Waals surface area (Å²) in [7, 11) is 0. The van der Waals surface area contributed by atoms with Gasteiger partial charge in [0.1, 0.15) is 0 Å². The van der Waals surface area contributed by atoms with Gasteiger partial charge in [-0.15, -0.1) is 0 Å². The summed E-state index contributed by atoms with van der Waals surface area (Å²) in [5.74, 6) is -1.44. The smallest absolute Gasteiger partial charge is 0.335 e. The Morgan fingerprint density at radius 1 is 0.865 bits per heavy atom. The number of benzene rings is 2. The summed E-state index contributed by atoms with van der Waals surface area (Å²) in [6.45, 7) is 7.26. The van der Waals surface area contributed by atoms with Gasteiger partial charge in [-0.2, -0.15) is 0 Å². The van der Waals surface area contributed by atoms with Gasteiger partial charge in [0.15, 0.2) is 0 Å².